The maximum absolute atomic E-state index is 5.66. The number of hydrogen-bond donors (Lipinski definition) is 2. The summed E-state index contributed by atoms with van der Waals surface area (Å²) in [6.07, 6.45) is 1.98. The van der Waals surface area contributed by atoms with Crippen LogP contribution in [-0.4, -0.2) is 23.6 Å². The number of nitrogens with two attached hydrogens (primary N) is 1. The Morgan fingerprint density at radius 3 is 3.00 bits per heavy atom. The largest absolute Gasteiger partial charge is 0.381 e. The van der Waals surface area contributed by atoms with Gasteiger partial charge in [-0.15, -0.1) is 9.78 Å². The molecule has 1 aliphatic rings. The number of nitrogens with zero attached hydrogens (tertiary/aromatic N) is 1. The minimum Gasteiger partial charge on any atom is -0.381 e. The van der Waals surface area contributed by atoms with Crippen molar-refractivity contribution >= 4 is 5.82 Å². The predicted octanol–water partition coefficient (Wildman–Crippen LogP) is 0.0359. The lowest BCUT2D eigenvalue weighted by Crippen LogP contribution is -2.42. The Bertz CT molecular complexity index is 322. The second kappa shape index (κ2) is 3.25. The summed E-state index contributed by atoms with van der Waals surface area (Å²) in [4.78, 5) is 0. The lowest BCUT2D eigenvalue weighted by atomic mass is 10.4. The zero-order valence-corrected chi connectivity index (χ0v) is 8.49. The van der Waals surface area contributed by atoms with Crippen molar-refractivity contribution in [2.24, 2.45) is 0 Å². The summed E-state index contributed by atoms with van der Waals surface area (Å²) < 4.78 is 13.0. The summed E-state index contributed by atoms with van der Waals surface area (Å²) in [6.45, 7) is 5.20. The normalized spacial score (nSPS) is 25.4. The van der Waals surface area contributed by atoms with Crippen LogP contribution in [0.3, 0.4) is 0 Å². The van der Waals surface area contributed by atoms with Crippen molar-refractivity contribution in [1.29, 1.82) is 0 Å². The fourth-order valence-electron chi connectivity index (χ4n) is 1.59. The molecule has 0 bridgehead atoms. The van der Waals surface area contributed by atoms with Gasteiger partial charge in [0.2, 0.25) is 0 Å². The zero-order chi connectivity index (χ0) is 10.2. The third-order valence-corrected chi connectivity index (χ3v) is 2.17. The number of aromatic nitrogens is 2. The highest BCUT2D eigenvalue weighted by Gasteiger charge is 2.35. The van der Waals surface area contributed by atoms with Crippen molar-refractivity contribution in [3.8, 4) is 0 Å². The lowest BCUT2D eigenvalue weighted by molar-refractivity contribution is -0.754. The molecule has 1 aromatic rings. The first-order chi connectivity index (χ1) is 6.55. The molecule has 0 aromatic carbocycles. The fourth-order valence-corrected chi connectivity index (χ4v) is 1.59. The molecule has 1 aliphatic heterocycles. The quantitative estimate of drug-likeness (QED) is 0.659. The molecule has 14 heavy (non-hydrogen) atoms. The van der Waals surface area contributed by atoms with E-state index in [1.54, 1.807) is 0 Å². The van der Waals surface area contributed by atoms with Gasteiger partial charge in [-0.1, -0.05) is 0 Å². The summed E-state index contributed by atoms with van der Waals surface area (Å²) >= 11 is 0. The fraction of sp³-hybridized carbons (Fsp3) is 0.667. The minimum atomic E-state index is -0.455. The van der Waals surface area contributed by atoms with Crippen LogP contribution in [0.1, 0.15) is 13.8 Å². The summed E-state index contributed by atoms with van der Waals surface area (Å²) in [5, 5.41) is 2.99. The Labute approximate surface area is 82.8 Å². The minimum absolute atomic E-state index is 0.0908. The van der Waals surface area contributed by atoms with Gasteiger partial charge >= 0.3 is 0 Å². The molecular formula is C9H16N3O2+. The number of nitrogen functional groups attached to an aromatic ring is 1. The summed E-state index contributed by atoms with van der Waals surface area (Å²) in [6, 6.07) is 1.82. The molecule has 1 unspecified atom stereocenters. The standard InChI is InChI=1S/C9H15N3O2/c1-9(2)13-6-7(14-9)5-12-4-3-8(10)11-12/h3-4,7H,5-6H2,1-2H3,(H2,10,11)/p+1. The van der Waals surface area contributed by atoms with E-state index >= 15 is 0 Å². The Morgan fingerprint density at radius 2 is 2.50 bits per heavy atom. The monoisotopic (exact) mass is 198 g/mol. The summed E-state index contributed by atoms with van der Waals surface area (Å²) in [7, 11) is 0. The van der Waals surface area contributed by atoms with Crippen LogP contribution in [0.4, 0.5) is 5.82 Å². The van der Waals surface area contributed by atoms with Crippen LogP contribution in [-0.2, 0) is 16.0 Å². The van der Waals surface area contributed by atoms with Gasteiger partial charge < -0.3 is 15.2 Å². The van der Waals surface area contributed by atoms with E-state index in [9.17, 15) is 0 Å². The van der Waals surface area contributed by atoms with Crippen LogP contribution in [0.25, 0.3) is 0 Å². The first-order valence-corrected chi connectivity index (χ1v) is 4.71. The highest BCUT2D eigenvalue weighted by atomic mass is 16.7. The smallest absolute Gasteiger partial charge is 0.200 e. The van der Waals surface area contributed by atoms with Gasteiger partial charge in [-0.3, -0.25) is 0 Å². The van der Waals surface area contributed by atoms with Gasteiger partial charge in [-0.25, -0.2) is 0 Å². The highest BCUT2D eigenvalue weighted by Crippen LogP contribution is 2.22. The zero-order valence-electron chi connectivity index (χ0n) is 8.49. The van der Waals surface area contributed by atoms with E-state index in [-0.39, 0.29) is 6.10 Å². The van der Waals surface area contributed by atoms with E-state index in [4.69, 9.17) is 15.2 Å². The van der Waals surface area contributed by atoms with Crippen molar-refractivity contribution in [2.75, 3.05) is 12.3 Å². The topological polar surface area (TPSA) is 64.1 Å². The SMILES string of the molecule is CC1(C)OCC(C[n+]2ccc(N)[nH]2)O1. The second-order valence-electron chi connectivity index (χ2n) is 3.99. The number of ether oxygens (including phenoxy) is 2. The first kappa shape index (κ1) is 9.48. The molecule has 1 atom stereocenters. The summed E-state index contributed by atoms with van der Waals surface area (Å²) in [5.74, 6) is 0.201. The predicted molar refractivity (Wildman–Crippen MR) is 50.3 cm³/mol. The molecule has 5 heteroatoms. The van der Waals surface area contributed by atoms with Gasteiger partial charge in [0.05, 0.1) is 6.61 Å². The molecule has 78 valence electrons. The van der Waals surface area contributed by atoms with Gasteiger partial charge in [0.1, 0.15) is 6.10 Å². The number of nitrogens with one attached hydrogen (secondary N) is 1. The van der Waals surface area contributed by atoms with Crippen molar-refractivity contribution in [1.82, 2.24) is 5.10 Å². The molecule has 1 saturated heterocycles. The van der Waals surface area contributed by atoms with Crippen LogP contribution in [0, 0.1) is 0 Å². The van der Waals surface area contributed by atoms with E-state index in [2.05, 4.69) is 5.10 Å². The average molecular weight is 198 g/mol. The van der Waals surface area contributed by atoms with Crippen molar-refractivity contribution in [3.63, 3.8) is 0 Å². The van der Waals surface area contributed by atoms with E-state index in [1.807, 2.05) is 30.8 Å². The Morgan fingerprint density at radius 1 is 1.71 bits per heavy atom. The van der Waals surface area contributed by atoms with Crippen LogP contribution in [0.2, 0.25) is 0 Å². The molecule has 3 N–H and O–H groups in total. The van der Waals surface area contributed by atoms with Crippen LogP contribution < -0.4 is 10.4 Å². The molecule has 0 radical (unpaired) electrons. The van der Waals surface area contributed by atoms with Gasteiger partial charge in [-0.05, 0) is 13.8 Å². The van der Waals surface area contributed by atoms with Crippen LogP contribution in [0.5, 0.6) is 0 Å². The molecule has 0 saturated carbocycles. The van der Waals surface area contributed by atoms with E-state index in [0.717, 1.165) is 6.54 Å². The van der Waals surface area contributed by atoms with E-state index in [0.29, 0.717) is 12.4 Å². The molecule has 2 heterocycles. The first-order valence-electron chi connectivity index (χ1n) is 4.71. The van der Waals surface area contributed by atoms with Crippen LogP contribution >= 0.6 is 0 Å². The molecular weight excluding hydrogens is 182 g/mol. The van der Waals surface area contributed by atoms with Crippen LogP contribution in [0.15, 0.2) is 12.3 Å². The molecule has 0 amide bonds. The van der Waals surface area contributed by atoms with Gasteiger partial charge in [0.15, 0.2) is 24.3 Å². The highest BCUT2D eigenvalue weighted by molar-refractivity contribution is 5.20. The molecule has 2 rings (SSSR count). The molecule has 1 fully saturated rings. The third-order valence-electron chi connectivity index (χ3n) is 2.17. The Kier molecular flexibility index (Phi) is 2.20. The van der Waals surface area contributed by atoms with E-state index < -0.39 is 5.79 Å². The number of hydrogen-bond acceptors (Lipinski definition) is 3. The maximum Gasteiger partial charge on any atom is 0.200 e. The number of H-pyrrole nitrogens is 1. The van der Waals surface area contributed by atoms with Gasteiger partial charge in [0.25, 0.3) is 0 Å². The number of aromatic amines is 1. The summed E-state index contributed by atoms with van der Waals surface area (Å²) in [5.41, 5.74) is 5.56. The maximum atomic E-state index is 5.66. The van der Waals surface area contributed by atoms with Crippen molar-refractivity contribution in [2.45, 2.75) is 32.3 Å². The number of rotatable bonds is 2. The molecule has 0 spiro atoms. The Hall–Kier alpha value is -1.07. The lowest BCUT2D eigenvalue weighted by Gasteiger charge is -2.15. The molecule has 5 nitrogen and oxygen atoms in total. The average Bonchev–Trinajstić information content (AvgIpc) is 2.59. The Balaban J connectivity index is 1.94. The van der Waals surface area contributed by atoms with Crippen molar-refractivity contribution in [3.05, 3.63) is 12.3 Å². The second-order valence-corrected chi connectivity index (χ2v) is 3.99. The van der Waals surface area contributed by atoms with Crippen molar-refractivity contribution < 1.29 is 14.2 Å². The molecule has 1 aromatic heterocycles. The van der Waals surface area contributed by atoms with Gasteiger partial charge in [-0.2, -0.15) is 0 Å². The van der Waals surface area contributed by atoms with Gasteiger partial charge in [0, 0.05) is 6.07 Å². The number of anilines is 1. The third kappa shape index (κ3) is 2.05. The molecule has 0 aliphatic carbocycles. The van der Waals surface area contributed by atoms with E-state index in [1.165, 1.54) is 0 Å².